The summed E-state index contributed by atoms with van der Waals surface area (Å²) in [5.74, 6) is 0.388. The van der Waals surface area contributed by atoms with Gasteiger partial charge in [0.25, 0.3) is 0 Å². The molecular formula is C17H20N4O2. The van der Waals surface area contributed by atoms with E-state index in [1.165, 1.54) is 0 Å². The van der Waals surface area contributed by atoms with E-state index in [2.05, 4.69) is 16.7 Å². The quantitative estimate of drug-likeness (QED) is 0.798. The lowest BCUT2D eigenvalue weighted by molar-refractivity contribution is 0.0198. The van der Waals surface area contributed by atoms with Gasteiger partial charge in [-0.25, -0.2) is 4.79 Å². The lowest BCUT2D eigenvalue weighted by atomic mass is 10.1. The molecule has 0 N–H and O–H groups in total. The molecule has 2 heterocycles. The first-order valence-corrected chi connectivity index (χ1v) is 7.89. The monoisotopic (exact) mass is 312 g/mol. The zero-order valence-corrected chi connectivity index (χ0v) is 13.7. The molecule has 0 saturated heterocycles. The Balaban J connectivity index is 1.94. The van der Waals surface area contributed by atoms with Crippen LogP contribution in [-0.2, 0) is 17.8 Å². The molecule has 0 radical (unpaired) electrons. The molecule has 1 aromatic heterocycles. The standard InChI is InChI=1S/C17H20N4O2/c1-17(2,3)23-16(22)20-6-7-21-14(10-20)12(8-18)13(9-19)15(21)11-4-5-11/h11H,4-7,10H2,1-3H3. The molecule has 1 amide bonds. The Morgan fingerprint density at radius 1 is 1.17 bits per heavy atom. The highest BCUT2D eigenvalue weighted by Crippen LogP contribution is 2.44. The third-order valence-electron chi connectivity index (χ3n) is 4.18. The number of hydrogen-bond donors (Lipinski definition) is 0. The molecule has 6 nitrogen and oxygen atoms in total. The number of aromatic nitrogens is 1. The average Bonchev–Trinajstić information content (AvgIpc) is 3.26. The number of amides is 1. The van der Waals surface area contributed by atoms with Crippen LogP contribution in [0.4, 0.5) is 4.79 Å². The van der Waals surface area contributed by atoms with Gasteiger partial charge in [-0.15, -0.1) is 0 Å². The van der Waals surface area contributed by atoms with Crippen molar-refractivity contribution in [3.63, 3.8) is 0 Å². The fourth-order valence-corrected chi connectivity index (χ4v) is 3.09. The fraction of sp³-hybridized carbons (Fsp3) is 0.588. The molecule has 120 valence electrons. The van der Waals surface area contributed by atoms with E-state index in [0.717, 1.165) is 24.2 Å². The largest absolute Gasteiger partial charge is 0.444 e. The molecule has 0 atom stereocenters. The number of carbonyl (C=O) groups excluding carboxylic acids is 1. The van der Waals surface area contributed by atoms with Crippen LogP contribution in [0, 0.1) is 22.7 Å². The molecule has 1 fully saturated rings. The van der Waals surface area contributed by atoms with Gasteiger partial charge in [0.2, 0.25) is 0 Å². The van der Waals surface area contributed by atoms with E-state index in [1.807, 2.05) is 20.8 Å². The van der Waals surface area contributed by atoms with Crippen molar-refractivity contribution in [1.82, 2.24) is 9.47 Å². The maximum atomic E-state index is 12.3. The molecule has 2 aliphatic rings. The van der Waals surface area contributed by atoms with Crippen LogP contribution in [0.3, 0.4) is 0 Å². The van der Waals surface area contributed by atoms with E-state index >= 15 is 0 Å². The zero-order chi connectivity index (χ0) is 16.8. The minimum absolute atomic E-state index is 0.319. The Morgan fingerprint density at radius 2 is 1.83 bits per heavy atom. The number of carbonyl (C=O) groups is 1. The van der Waals surface area contributed by atoms with Crippen LogP contribution >= 0.6 is 0 Å². The van der Waals surface area contributed by atoms with Gasteiger partial charge in [0.15, 0.2) is 0 Å². The number of hydrogen-bond acceptors (Lipinski definition) is 4. The maximum Gasteiger partial charge on any atom is 0.410 e. The molecule has 1 saturated carbocycles. The molecule has 23 heavy (non-hydrogen) atoms. The van der Waals surface area contributed by atoms with Crippen LogP contribution in [0.25, 0.3) is 0 Å². The van der Waals surface area contributed by atoms with Crippen LogP contribution in [0.1, 0.15) is 62.0 Å². The number of ether oxygens (including phenoxy) is 1. The summed E-state index contributed by atoms with van der Waals surface area (Å²) in [5.41, 5.74) is 2.12. The van der Waals surface area contributed by atoms with Crippen LogP contribution < -0.4 is 0 Å². The van der Waals surface area contributed by atoms with E-state index in [9.17, 15) is 15.3 Å². The summed E-state index contributed by atoms with van der Waals surface area (Å²) < 4.78 is 7.50. The average molecular weight is 312 g/mol. The first-order chi connectivity index (χ1) is 10.9. The van der Waals surface area contributed by atoms with Gasteiger partial charge in [-0.1, -0.05) is 0 Å². The van der Waals surface area contributed by atoms with Gasteiger partial charge in [0.05, 0.1) is 23.4 Å². The number of fused-ring (bicyclic) bond motifs is 1. The molecule has 0 spiro atoms. The highest BCUT2D eigenvalue weighted by molar-refractivity contribution is 5.69. The molecule has 0 aromatic carbocycles. The Kier molecular flexibility index (Phi) is 3.56. The second-order valence-corrected chi connectivity index (χ2v) is 7.13. The van der Waals surface area contributed by atoms with Crippen molar-refractivity contribution in [3.8, 4) is 12.1 Å². The maximum absolute atomic E-state index is 12.3. The first-order valence-electron chi connectivity index (χ1n) is 7.89. The Hall–Kier alpha value is -2.47. The topological polar surface area (TPSA) is 82.0 Å². The molecule has 3 rings (SSSR count). The summed E-state index contributed by atoms with van der Waals surface area (Å²) in [6, 6.07) is 4.36. The summed E-state index contributed by atoms with van der Waals surface area (Å²) in [6.07, 6.45) is 1.76. The normalized spacial score (nSPS) is 17.2. The van der Waals surface area contributed by atoms with Crippen LogP contribution in [0.5, 0.6) is 0 Å². The Morgan fingerprint density at radius 3 is 2.35 bits per heavy atom. The van der Waals surface area contributed by atoms with Crippen LogP contribution in [-0.4, -0.2) is 27.7 Å². The second kappa shape index (κ2) is 5.31. The number of nitrogens with zero attached hydrogens (tertiary/aromatic N) is 4. The minimum atomic E-state index is -0.550. The van der Waals surface area contributed by atoms with Gasteiger partial charge in [0, 0.05) is 24.7 Å². The fourth-order valence-electron chi connectivity index (χ4n) is 3.09. The van der Waals surface area contributed by atoms with E-state index in [-0.39, 0.29) is 6.09 Å². The van der Waals surface area contributed by atoms with Gasteiger partial charge >= 0.3 is 6.09 Å². The van der Waals surface area contributed by atoms with Crippen molar-refractivity contribution in [1.29, 1.82) is 10.5 Å². The smallest absolute Gasteiger partial charge is 0.410 e. The molecule has 1 aliphatic heterocycles. The van der Waals surface area contributed by atoms with Crippen molar-refractivity contribution < 1.29 is 9.53 Å². The van der Waals surface area contributed by atoms with Crippen molar-refractivity contribution >= 4 is 6.09 Å². The summed E-state index contributed by atoms with van der Waals surface area (Å²) >= 11 is 0. The highest BCUT2D eigenvalue weighted by atomic mass is 16.6. The molecular weight excluding hydrogens is 292 g/mol. The van der Waals surface area contributed by atoms with Gasteiger partial charge in [-0.2, -0.15) is 10.5 Å². The lowest BCUT2D eigenvalue weighted by Gasteiger charge is -2.31. The SMILES string of the molecule is CC(C)(C)OC(=O)N1CCn2c(c(C#N)c(C#N)c2C2CC2)C1. The van der Waals surface area contributed by atoms with Gasteiger partial charge in [-0.3, -0.25) is 0 Å². The van der Waals surface area contributed by atoms with Gasteiger partial charge in [0.1, 0.15) is 17.7 Å². The second-order valence-electron chi connectivity index (χ2n) is 7.13. The van der Waals surface area contributed by atoms with E-state index in [1.54, 1.807) is 4.90 Å². The third kappa shape index (κ3) is 2.77. The molecule has 0 bridgehead atoms. The van der Waals surface area contributed by atoms with Crippen molar-refractivity contribution in [2.75, 3.05) is 6.54 Å². The first kappa shape index (κ1) is 15.4. The summed E-state index contributed by atoms with van der Waals surface area (Å²) in [4.78, 5) is 13.9. The van der Waals surface area contributed by atoms with Crippen molar-refractivity contribution in [2.45, 2.75) is 58.2 Å². The summed E-state index contributed by atoms with van der Waals surface area (Å²) in [5, 5.41) is 18.9. The predicted molar refractivity (Wildman–Crippen MR) is 82.5 cm³/mol. The lowest BCUT2D eigenvalue weighted by Crippen LogP contribution is -2.41. The molecule has 6 heteroatoms. The van der Waals surface area contributed by atoms with Crippen LogP contribution in [0.15, 0.2) is 0 Å². The highest BCUT2D eigenvalue weighted by Gasteiger charge is 2.37. The van der Waals surface area contributed by atoms with Gasteiger partial charge < -0.3 is 14.2 Å². The predicted octanol–water partition coefficient (Wildman–Crippen LogP) is 2.86. The van der Waals surface area contributed by atoms with E-state index in [0.29, 0.717) is 36.7 Å². The van der Waals surface area contributed by atoms with Crippen molar-refractivity contribution in [2.24, 2.45) is 0 Å². The number of nitriles is 2. The van der Waals surface area contributed by atoms with Gasteiger partial charge in [-0.05, 0) is 33.6 Å². The third-order valence-corrected chi connectivity index (χ3v) is 4.18. The summed E-state index contributed by atoms with van der Waals surface area (Å²) in [7, 11) is 0. The van der Waals surface area contributed by atoms with Crippen molar-refractivity contribution in [3.05, 3.63) is 22.5 Å². The molecule has 1 aromatic rings. The Labute approximate surface area is 135 Å². The Bertz CT molecular complexity index is 739. The summed E-state index contributed by atoms with van der Waals surface area (Å²) in [6.45, 7) is 6.95. The zero-order valence-electron chi connectivity index (χ0n) is 13.7. The van der Waals surface area contributed by atoms with E-state index < -0.39 is 5.60 Å². The molecule has 0 unspecified atom stereocenters. The number of rotatable bonds is 1. The molecule has 1 aliphatic carbocycles. The van der Waals surface area contributed by atoms with E-state index in [4.69, 9.17) is 4.74 Å². The van der Waals surface area contributed by atoms with Crippen LogP contribution in [0.2, 0.25) is 0 Å². The minimum Gasteiger partial charge on any atom is -0.444 e.